The Morgan fingerprint density at radius 2 is 1.87 bits per heavy atom. The molecule has 2 aliphatic heterocycles. The van der Waals surface area contributed by atoms with Gasteiger partial charge in [0, 0.05) is 18.0 Å². The molecule has 9 heteroatoms. The number of rotatable bonds is 6. The van der Waals surface area contributed by atoms with Gasteiger partial charge < -0.3 is 14.4 Å². The van der Waals surface area contributed by atoms with Gasteiger partial charge in [-0.2, -0.15) is 4.99 Å². The zero-order chi connectivity index (χ0) is 21.1. The SMILES string of the molecule is COCC(=O)N=C1S[C@H]2CS(=O)(=O)C[C@@H]2N1c1ccc(OCc2ccccc2)cc1. The molecule has 30 heavy (non-hydrogen) atoms. The van der Waals surface area contributed by atoms with Gasteiger partial charge in [0.25, 0.3) is 5.91 Å². The standard InChI is InChI=1S/C21H22N2O5S2/c1-27-12-20(24)22-21-23(18-13-30(25,26)14-19(18)29-21)16-7-9-17(10-8-16)28-11-15-5-3-2-4-6-15/h2-10,18-19H,11-14H2,1H3/t18-,19-/m0/s1. The van der Waals surface area contributed by atoms with Crippen molar-refractivity contribution in [3.8, 4) is 5.75 Å². The Hall–Kier alpha value is -2.36. The van der Waals surface area contributed by atoms with E-state index >= 15 is 0 Å². The first-order chi connectivity index (χ1) is 14.4. The molecule has 0 aliphatic carbocycles. The second-order valence-corrected chi connectivity index (χ2v) is 10.5. The van der Waals surface area contributed by atoms with Gasteiger partial charge in [-0.15, -0.1) is 0 Å². The highest BCUT2D eigenvalue weighted by atomic mass is 32.2. The fourth-order valence-corrected chi connectivity index (χ4v) is 7.50. The summed E-state index contributed by atoms with van der Waals surface area (Å²) in [4.78, 5) is 18.0. The second-order valence-electron chi connectivity index (χ2n) is 7.16. The van der Waals surface area contributed by atoms with E-state index in [0.717, 1.165) is 11.3 Å². The largest absolute Gasteiger partial charge is 0.489 e. The number of sulfone groups is 1. The summed E-state index contributed by atoms with van der Waals surface area (Å²) in [6.45, 7) is 0.346. The first-order valence-corrected chi connectivity index (χ1v) is 12.2. The highest BCUT2D eigenvalue weighted by Crippen LogP contribution is 2.41. The number of hydrogen-bond acceptors (Lipinski definition) is 6. The smallest absolute Gasteiger partial charge is 0.274 e. The zero-order valence-corrected chi connectivity index (χ0v) is 18.1. The second kappa shape index (κ2) is 8.79. The predicted octanol–water partition coefficient (Wildman–Crippen LogP) is 2.51. The summed E-state index contributed by atoms with van der Waals surface area (Å²) in [6, 6.07) is 17.0. The van der Waals surface area contributed by atoms with Gasteiger partial charge in [-0.25, -0.2) is 8.42 Å². The van der Waals surface area contributed by atoms with Crippen LogP contribution in [0.1, 0.15) is 5.56 Å². The number of aliphatic imine (C=N–C) groups is 1. The van der Waals surface area contributed by atoms with Gasteiger partial charge in [-0.1, -0.05) is 42.1 Å². The van der Waals surface area contributed by atoms with E-state index in [-0.39, 0.29) is 29.4 Å². The Morgan fingerprint density at radius 3 is 2.57 bits per heavy atom. The van der Waals surface area contributed by atoms with Crippen LogP contribution in [0.5, 0.6) is 5.75 Å². The molecule has 2 aliphatic rings. The highest BCUT2D eigenvalue weighted by Gasteiger charge is 2.49. The number of amides is 1. The third-order valence-electron chi connectivity index (χ3n) is 4.92. The first kappa shape index (κ1) is 20.9. The molecule has 0 aromatic heterocycles. The van der Waals surface area contributed by atoms with Gasteiger partial charge in [-0.05, 0) is 29.8 Å². The third-order valence-corrected chi connectivity index (χ3v) is 8.13. The number of thioether (sulfide) groups is 1. The topological polar surface area (TPSA) is 85.3 Å². The lowest BCUT2D eigenvalue weighted by molar-refractivity contribution is -0.121. The molecule has 2 aromatic rings. The molecule has 2 atom stereocenters. The zero-order valence-electron chi connectivity index (χ0n) is 16.4. The Bertz CT molecular complexity index is 1040. The number of fused-ring (bicyclic) bond motifs is 1. The molecule has 2 fully saturated rings. The van der Waals surface area contributed by atoms with Gasteiger partial charge in [0.2, 0.25) is 0 Å². The number of carbonyl (C=O) groups is 1. The number of nitrogens with zero attached hydrogens (tertiary/aromatic N) is 2. The van der Waals surface area contributed by atoms with E-state index in [9.17, 15) is 13.2 Å². The predicted molar refractivity (Wildman–Crippen MR) is 118 cm³/mol. The van der Waals surface area contributed by atoms with E-state index in [1.807, 2.05) is 59.5 Å². The van der Waals surface area contributed by atoms with Gasteiger partial charge in [0.05, 0.1) is 17.5 Å². The van der Waals surface area contributed by atoms with Crippen molar-refractivity contribution in [1.82, 2.24) is 0 Å². The molecule has 0 spiro atoms. The van der Waals surface area contributed by atoms with Crippen LogP contribution >= 0.6 is 11.8 Å². The fourth-order valence-electron chi connectivity index (χ4n) is 3.57. The Kier molecular flexibility index (Phi) is 6.12. The number of ether oxygens (including phenoxy) is 2. The lowest BCUT2D eigenvalue weighted by Gasteiger charge is -2.24. The number of amidine groups is 1. The quantitative estimate of drug-likeness (QED) is 0.674. The average molecular weight is 447 g/mol. The van der Waals surface area contributed by atoms with E-state index in [0.29, 0.717) is 17.5 Å². The highest BCUT2D eigenvalue weighted by molar-refractivity contribution is 8.16. The molecule has 0 unspecified atom stereocenters. The molecule has 2 heterocycles. The molecule has 0 radical (unpaired) electrons. The molecular formula is C21H22N2O5S2. The molecule has 7 nitrogen and oxygen atoms in total. The van der Waals surface area contributed by atoms with E-state index in [4.69, 9.17) is 9.47 Å². The Morgan fingerprint density at radius 1 is 1.13 bits per heavy atom. The van der Waals surface area contributed by atoms with E-state index in [1.54, 1.807) is 0 Å². The molecule has 1 amide bonds. The van der Waals surface area contributed by atoms with Crippen molar-refractivity contribution >= 4 is 38.4 Å². The van der Waals surface area contributed by atoms with Gasteiger partial charge >= 0.3 is 0 Å². The summed E-state index contributed by atoms with van der Waals surface area (Å²) in [5.41, 5.74) is 1.85. The van der Waals surface area contributed by atoms with Crippen LogP contribution in [0.15, 0.2) is 59.6 Å². The summed E-state index contributed by atoms with van der Waals surface area (Å²) in [5.74, 6) is 0.456. The van der Waals surface area contributed by atoms with Crippen molar-refractivity contribution in [2.75, 3.05) is 30.1 Å². The van der Waals surface area contributed by atoms with E-state index < -0.39 is 15.7 Å². The van der Waals surface area contributed by atoms with Crippen molar-refractivity contribution < 1.29 is 22.7 Å². The minimum atomic E-state index is -3.11. The number of hydrogen-bond donors (Lipinski definition) is 0. The monoisotopic (exact) mass is 446 g/mol. The van der Waals surface area contributed by atoms with Crippen molar-refractivity contribution in [2.24, 2.45) is 4.99 Å². The molecule has 4 rings (SSSR count). The molecular weight excluding hydrogens is 424 g/mol. The van der Waals surface area contributed by atoms with Crippen LogP contribution in [-0.4, -0.2) is 56.0 Å². The maximum absolute atomic E-state index is 12.1. The van der Waals surface area contributed by atoms with Gasteiger partial charge in [0.15, 0.2) is 15.0 Å². The number of anilines is 1. The molecule has 0 N–H and O–H groups in total. The van der Waals surface area contributed by atoms with Crippen LogP contribution in [0.4, 0.5) is 5.69 Å². The van der Waals surface area contributed by atoms with Crippen molar-refractivity contribution in [2.45, 2.75) is 17.9 Å². The van der Waals surface area contributed by atoms with Gasteiger partial charge in [0.1, 0.15) is 19.0 Å². The van der Waals surface area contributed by atoms with Crippen LogP contribution in [0.25, 0.3) is 0 Å². The van der Waals surface area contributed by atoms with Crippen LogP contribution in [0.3, 0.4) is 0 Å². The summed E-state index contributed by atoms with van der Waals surface area (Å²) in [7, 11) is -1.67. The van der Waals surface area contributed by atoms with Crippen LogP contribution < -0.4 is 9.64 Å². The maximum atomic E-state index is 12.1. The summed E-state index contributed by atoms with van der Waals surface area (Å²) in [6.07, 6.45) is 0. The van der Waals surface area contributed by atoms with Crippen molar-refractivity contribution in [3.05, 3.63) is 60.2 Å². The number of carbonyl (C=O) groups excluding carboxylic acids is 1. The minimum Gasteiger partial charge on any atom is -0.489 e. The minimum absolute atomic E-state index is 0.0500. The first-order valence-electron chi connectivity index (χ1n) is 9.49. The van der Waals surface area contributed by atoms with Crippen LogP contribution in [0.2, 0.25) is 0 Å². The number of methoxy groups -OCH3 is 1. The van der Waals surface area contributed by atoms with E-state index in [1.165, 1.54) is 18.9 Å². The number of benzene rings is 2. The fraction of sp³-hybridized carbons (Fsp3) is 0.333. The lowest BCUT2D eigenvalue weighted by atomic mass is 10.2. The summed E-state index contributed by atoms with van der Waals surface area (Å²) < 4.78 is 35.0. The summed E-state index contributed by atoms with van der Waals surface area (Å²) >= 11 is 1.34. The van der Waals surface area contributed by atoms with Crippen molar-refractivity contribution in [1.29, 1.82) is 0 Å². The normalized spacial score (nSPS) is 23.5. The molecule has 0 saturated carbocycles. The lowest BCUT2D eigenvalue weighted by Crippen LogP contribution is -2.37. The third kappa shape index (κ3) is 4.69. The molecule has 2 aromatic carbocycles. The maximum Gasteiger partial charge on any atom is 0.274 e. The molecule has 2 saturated heterocycles. The van der Waals surface area contributed by atoms with Crippen molar-refractivity contribution in [3.63, 3.8) is 0 Å². The van der Waals surface area contributed by atoms with E-state index in [2.05, 4.69) is 4.99 Å². The Balaban J connectivity index is 1.54. The molecule has 158 valence electrons. The van der Waals surface area contributed by atoms with Crippen LogP contribution in [0, 0.1) is 0 Å². The van der Waals surface area contributed by atoms with Crippen LogP contribution in [-0.2, 0) is 26.0 Å². The van der Waals surface area contributed by atoms with Gasteiger partial charge in [-0.3, -0.25) is 4.79 Å². The summed E-state index contributed by atoms with van der Waals surface area (Å²) in [5, 5.41) is 0.373. The average Bonchev–Trinajstić information content (AvgIpc) is 3.18. The Labute approximate surface area is 180 Å². The molecule has 0 bridgehead atoms.